The SMILES string of the molecule is CCNCC(C)NCCC(F)(F)F. The van der Waals surface area contributed by atoms with Crippen molar-refractivity contribution in [2.45, 2.75) is 32.5 Å². The van der Waals surface area contributed by atoms with Crippen LogP contribution in [-0.2, 0) is 0 Å². The molecule has 0 radical (unpaired) electrons. The smallest absolute Gasteiger partial charge is 0.315 e. The molecule has 0 aliphatic heterocycles. The van der Waals surface area contributed by atoms with Crippen LogP contribution in [0.4, 0.5) is 13.2 Å². The lowest BCUT2D eigenvalue weighted by atomic mass is 10.3. The van der Waals surface area contributed by atoms with E-state index in [0.717, 1.165) is 6.54 Å². The lowest BCUT2D eigenvalue weighted by molar-refractivity contribution is -0.133. The molecule has 0 aromatic heterocycles. The van der Waals surface area contributed by atoms with Gasteiger partial charge in [-0.3, -0.25) is 0 Å². The van der Waals surface area contributed by atoms with Crippen molar-refractivity contribution in [3.63, 3.8) is 0 Å². The third-order valence-corrected chi connectivity index (χ3v) is 1.60. The van der Waals surface area contributed by atoms with Crippen LogP contribution in [0.2, 0.25) is 0 Å². The molecule has 0 aromatic carbocycles. The molecule has 0 rings (SSSR count). The van der Waals surface area contributed by atoms with Crippen LogP contribution in [0.5, 0.6) is 0 Å². The van der Waals surface area contributed by atoms with Gasteiger partial charge in [0, 0.05) is 19.1 Å². The molecule has 0 spiro atoms. The Hall–Kier alpha value is -0.290. The standard InChI is InChI=1S/C8H17F3N2/c1-3-12-6-7(2)13-5-4-8(9,10)11/h7,12-13H,3-6H2,1-2H3. The van der Waals surface area contributed by atoms with Gasteiger partial charge in [-0.25, -0.2) is 0 Å². The maximum Gasteiger partial charge on any atom is 0.390 e. The van der Waals surface area contributed by atoms with Crippen molar-refractivity contribution in [1.29, 1.82) is 0 Å². The minimum atomic E-state index is -4.05. The van der Waals surface area contributed by atoms with Crippen LogP contribution in [0.25, 0.3) is 0 Å². The first kappa shape index (κ1) is 12.7. The Morgan fingerprint density at radius 1 is 1.31 bits per heavy atom. The van der Waals surface area contributed by atoms with Gasteiger partial charge in [-0.2, -0.15) is 13.2 Å². The Bertz CT molecular complexity index is 125. The van der Waals surface area contributed by atoms with E-state index >= 15 is 0 Å². The second-order valence-corrected chi connectivity index (χ2v) is 3.03. The maximum atomic E-state index is 11.7. The summed E-state index contributed by atoms with van der Waals surface area (Å²) in [5.74, 6) is 0. The highest BCUT2D eigenvalue weighted by atomic mass is 19.4. The summed E-state index contributed by atoms with van der Waals surface area (Å²) in [6.45, 7) is 5.36. The quantitative estimate of drug-likeness (QED) is 0.676. The van der Waals surface area contributed by atoms with Gasteiger partial charge in [0.15, 0.2) is 0 Å². The molecule has 0 amide bonds. The fourth-order valence-corrected chi connectivity index (χ4v) is 0.893. The first-order valence-electron chi connectivity index (χ1n) is 4.46. The zero-order valence-electron chi connectivity index (χ0n) is 8.04. The van der Waals surface area contributed by atoms with Gasteiger partial charge in [-0.05, 0) is 13.5 Å². The molecule has 0 aliphatic rings. The highest BCUT2D eigenvalue weighted by molar-refractivity contribution is 4.64. The predicted molar refractivity (Wildman–Crippen MR) is 46.7 cm³/mol. The summed E-state index contributed by atoms with van der Waals surface area (Å²) in [7, 11) is 0. The van der Waals surface area contributed by atoms with Crippen LogP contribution in [0, 0.1) is 0 Å². The first-order valence-corrected chi connectivity index (χ1v) is 4.46. The van der Waals surface area contributed by atoms with Crippen LogP contribution >= 0.6 is 0 Å². The molecule has 0 fully saturated rings. The van der Waals surface area contributed by atoms with Crippen molar-refractivity contribution in [2.24, 2.45) is 0 Å². The molecule has 1 unspecified atom stereocenters. The zero-order chi connectivity index (χ0) is 10.3. The van der Waals surface area contributed by atoms with E-state index < -0.39 is 12.6 Å². The molecule has 80 valence electrons. The lowest BCUT2D eigenvalue weighted by Gasteiger charge is -2.14. The molecule has 1 atom stereocenters. The number of alkyl halides is 3. The number of nitrogens with one attached hydrogen (secondary N) is 2. The van der Waals surface area contributed by atoms with Gasteiger partial charge in [0.25, 0.3) is 0 Å². The van der Waals surface area contributed by atoms with Gasteiger partial charge in [0.2, 0.25) is 0 Å². The van der Waals surface area contributed by atoms with E-state index in [0.29, 0.717) is 6.54 Å². The predicted octanol–water partition coefficient (Wildman–Crippen LogP) is 1.53. The van der Waals surface area contributed by atoms with Crippen LogP contribution in [0.3, 0.4) is 0 Å². The molecule has 0 bridgehead atoms. The van der Waals surface area contributed by atoms with E-state index in [4.69, 9.17) is 0 Å². The molecule has 2 nitrogen and oxygen atoms in total. The molecule has 2 N–H and O–H groups in total. The van der Waals surface area contributed by atoms with Gasteiger partial charge in [-0.1, -0.05) is 6.92 Å². The van der Waals surface area contributed by atoms with Crippen LogP contribution < -0.4 is 10.6 Å². The number of halogens is 3. The van der Waals surface area contributed by atoms with Crippen LogP contribution in [-0.4, -0.2) is 31.9 Å². The summed E-state index contributed by atoms with van der Waals surface area (Å²) in [4.78, 5) is 0. The fourth-order valence-electron chi connectivity index (χ4n) is 0.893. The second kappa shape index (κ2) is 6.21. The topological polar surface area (TPSA) is 24.1 Å². The summed E-state index contributed by atoms with van der Waals surface area (Å²) in [6.07, 6.45) is -4.81. The molecule has 0 heterocycles. The van der Waals surface area contributed by atoms with Crippen LogP contribution in [0.15, 0.2) is 0 Å². The maximum absolute atomic E-state index is 11.7. The third-order valence-electron chi connectivity index (χ3n) is 1.60. The van der Waals surface area contributed by atoms with Gasteiger partial charge >= 0.3 is 6.18 Å². The van der Waals surface area contributed by atoms with E-state index in [1.54, 1.807) is 0 Å². The molecular weight excluding hydrogens is 181 g/mol. The number of likely N-dealkylation sites (N-methyl/N-ethyl adjacent to an activating group) is 1. The Morgan fingerprint density at radius 2 is 1.92 bits per heavy atom. The van der Waals surface area contributed by atoms with E-state index in [1.807, 2.05) is 13.8 Å². The number of hydrogen-bond donors (Lipinski definition) is 2. The summed E-state index contributed by atoms with van der Waals surface area (Å²) in [5.41, 5.74) is 0. The zero-order valence-corrected chi connectivity index (χ0v) is 8.04. The minimum Gasteiger partial charge on any atom is -0.315 e. The fraction of sp³-hybridized carbons (Fsp3) is 1.00. The highest BCUT2D eigenvalue weighted by Crippen LogP contribution is 2.18. The average Bonchev–Trinajstić information content (AvgIpc) is 1.98. The molecule has 0 saturated carbocycles. The molecule has 0 aromatic rings. The first-order chi connectivity index (χ1) is 5.95. The highest BCUT2D eigenvalue weighted by Gasteiger charge is 2.26. The molecule has 0 aliphatic carbocycles. The van der Waals surface area contributed by atoms with E-state index in [9.17, 15) is 13.2 Å². The van der Waals surface area contributed by atoms with Crippen molar-refractivity contribution >= 4 is 0 Å². The second-order valence-electron chi connectivity index (χ2n) is 3.03. The van der Waals surface area contributed by atoms with Crippen molar-refractivity contribution in [3.05, 3.63) is 0 Å². The summed E-state index contributed by atoms with van der Waals surface area (Å²) < 4.78 is 35.1. The average molecular weight is 198 g/mol. The Balaban J connectivity index is 3.31. The molecule has 0 saturated heterocycles. The van der Waals surface area contributed by atoms with Crippen molar-refractivity contribution in [3.8, 4) is 0 Å². The van der Waals surface area contributed by atoms with Gasteiger partial charge < -0.3 is 10.6 Å². The Morgan fingerprint density at radius 3 is 2.38 bits per heavy atom. The lowest BCUT2D eigenvalue weighted by Crippen LogP contribution is -2.37. The van der Waals surface area contributed by atoms with Gasteiger partial charge in [0.05, 0.1) is 6.42 Å². The van der Waals surface area contributed by atoms with E-state index in [-0.39, 0.29) is 12.6 Å². The summed E-state index contributed by atoms with van der Waals surface area (Å²) >= 11 is 0. The van der Waals surface area contributed by atoms with Crippen molar-refractivity contribution < 1.29 is 13.2 Å². The minimum absolute atomic E-state index is 0.00391. The molecule has 13 heavy (non-hydrogen) atoms. The summed E-state index contributed by atoms with van der Waals surface area (Å²) in [6, 6.07) is 0.0855. The number of hydrogen-bond acceptors (Lipinski definition) is 2. The Labute approximate surface area is 76.9 Å². The third kappa shape index (κ3) is 9.63. The monoisotopic (exact) mass is 198 g/mol. The van der Waals surface area contributed by atoms with Crippen LogP contribution in [0.1, 0.15) is 20.3 Å². The van der Waals surface area contributed by atoms with E-state index in [1.165, 1.54) is 0 Å². The van der Waals surface area contributed by atoms with E-state index in [2.05, 4.69) is 10.6 Å². The molecule has 5 heteroatoms. The van der Waals surface area contributed by atoms with Crippen molar-refractivity contribution in [2.75, 3.05) is 19.6 Å². The van der Waals surface area contributed by atoms with Gasteiger partial charge in [0.1, 0.15) is 0 Å². The van der Waals surface area contributed by atoms with Gasteiger partial charge in [-0.15, -0.1) is 0 Å². The number of rotatable bonds is 6. The normalized spacial score (nSPS) is 14.5. The molecular formula is C8H17F3N2. The van der Waals surface area contributed by atoms with Crippen molar-refractivity contribution in [1.82, 2.24) is 10.6 Å². The largest absolute Gasteiger partial charge is 0.390 e. The summed E-state index contributed by atoms with van der Waals surface area (Å²) in [5, 5.41) is 5.84. The Kier molecular flexibility index (Phi) is 6.07.